The normalized spacial score (nSPS) is 40.5. The van der Waals surface area contributed by atoms with Gasteiger partial charge in [0, 0.05) is 8.07 Å². The van der Waals surface area contributed by atoms with Gasteiger partial charge in [0.05, 0.1) is 0 Å². The Hall–Kier alpha value is 1.68. The zero-order valence-electron chi connectivity index (χ0n) is 12.4. The van der Waals surface area contributed by atoms with Gasteiger partial charge in [-0.3, -0.25) is 0 Å². The average Bonchev–Trinajstić information content (AvgIpc) is 3.02. The van der Waals surface area contributed by atoms with E-state index in [0.29, 0.717) is 0 Å². The van der Waals surface area contributed by atoms with Gasteiger partial charge in [0.25, 0.3) is 0 Å². The summed E-state index contributed by atoms with van der Waals surface area (Å²) in [5.41, 5.74) is 2.34. The van der Waals surface area contributed by atoms with Crippen LogP contribution in [0, 0.1) is 19.8 Å². The molecule has 0 nitrogen and oxygen atoms in total. The monoisotopic (exact) mass is 396 g/mol. The Labute approximate surface area is 140 Å². The molecule has 0 bridgehead atoms. The molecule has 110 valence electrons. The number of fused-ring (bicyclic) bond motifs is 1. The second kappa shape index (κ2) is 8.96. The van der Waals surface area contributed by atoms with Crippen molar-refractivity contribution in [2.45, 2.75) is 75.0 Å². The van der Waals surface area contributed by atoms with E-state index in [9.17, 15) is 0 Å². The van der Waals surface area contributed by atoms with Crippen LogP contribution in [0.3, 0.4) is 0 Å². The SMILES string of the molecule is C[Si]1(C2[CH-]CCC2)CCC[C@@H]2CCCC21.[CH3-].[Cl][Zr+2][Cl]. The van der Waals surface area contributed by atoms with Gasteiger partial charge >= 0.3 is 37.9 Å². The summed E-state index contributed by atoms with van der Waals surface area (Å²) in [6.45, 7) is 2.77. The van der Waals surface area contributed by atoms with Crippen molar-refractivity contribution < 1.29 is 20.8 Å². The van der Waals surface area contributed by atoms with Gasteiger partial charge in [-0.05, 0) is 11.5 Å². The van der Waals surface area contributed by atoms with Crippen LogP contribution in [0.4, 0.5) is 0 Å². The molecule has 3 aliphatic rings. The Morgan fingerprint density at radius 3 is 2.37 bits per heavy atom. The van der Waals surface area contributed by atoms with Crippen molar-refractivity contribution in [2.75, 3.05) is 0 Å². The third kappa shape index (κ3) is 4.33. The fourth-order valence-corrected chi connectivity index (χ4v) is 11.1. The number of rotatable bonds is 1. The minimum atomic E-state index is -0.889. The van der Waals surface area contributed by atoms with Gasteiger partial charge in [-0.15, -0.1) is 0 Å². The summed E-state index contributed by atoms with van der Waals surface area (Å²) in [6, 6.07) is 1.66. The molecule has 4 heteroatoms. The van der Waals surface area contributed by atoms with E-state index in [1.165, 1.54) is 24.3 Å². The van der Waals surface area contributed by atoms with Crippen LogP contribution in [0.5, 0.6) is 0 Å². The molecule has 3 unspecified atom stereocenters. The van der Waals surface area contributed by atoms with Crippen LogP contribution in [-0.2, 0) is 20.8 Å². The first-order valence-corrected chi connectivity index (χ1v) is 16.7. The second-order valence-corrected chi connectivity index (χ2v) is 15.3. The molecule has 0 aromatic heterocycles. The summed E-state index contributed by atoms with van der Waals surface area (Å²) in [4.78, 5) is 0. The molecule has 3 fully saturated rings. The molecule has 4 atom stereocenters. The van der Waals surface area contributed by atoms with Crippen molar-refractivity contribution in [3.8, 4) is 0 Å². The van der Waals surface area contributed by atoms with E-state index in [4.69, 9.17) is 17.0 Å². The first-order chi connectivity index (χ1) is 8.72. The fourth-order valence-electron chi connectivity index (χ4n) is 5.02. The van der Waals surface area contributed by atoms with Gasteiger partial charge in [-0.2, -0.15) is 12.0 Å². The predicted molar refractivity (Wildman–Crippen MR) is 86.8 cm³/mol. The molecule has 2 aliphatic carbocycles. The maximum atomic E-state index is 4.93. The van der Waals surface area contributed by atoms with Crippen molar-refractivity contribution >= 4 is 25.1 Å². The van der Waals surface area contributed by atoms with Crippen molar-refractivity contribution in [3.05, 3.63) is 13.8 Å². The van der Waals surface area contributed by atoms with Crippen LogP contribution in [-0.4, -0.2) is 8.07 Å². The zero-order valence-corrected chi connectivity index (χ0v) is 17.4. The molecule has 2 saturated carbocycles. The number of hydrogen-bond acceptors (Lipinski definition) is 0. The summed E-state index contributed by atoms with van der Waals surface area (Å²) in [7, 11) is 8.98. The van der Waals surface area contributed by atoms with E-state index >= 15 is 0 Å². The minimum absolute atomic E-state index is 0. The third-order valence-electron chi connectivity index (χ3n) is 5.81. The molecule has 0 amide bonds. The Bertz CT molecular complexity index is 259. The summed E-state index contributed by atoms with van der Waals surface area (Å²) < 4.78 is 0. The first-order valence-electron chi connectivity index (χ1n) is 7.52. The van der Waals surface area contributed by atoms with Crippen molar-refractivity contribution in [3.63, 3.8) is 0 Å². The van der Waals surface area contributed by atoms with Crippen molar-refractivity contribution in [1.82, 2.24) is 0 Å². The number of halogens is 2. The maximum absolute atomic E-state index is 4.93. The summed E-state index contributed by atoms with van der Waals surface area (Å²) in [6.07, 6.45) is 15.1. The molecule has 1 saturated heterocycles. The molecule has 0 aromatic rings. The molecular weight excluding hydrogens is 370 g/mol. The average molecular weight is 399 g/mol. The van der Waals surface area contributed by atoms with Gasteiger partial charge in [-0.25, -0.2) is 0 Å². The van der Waals surface area contributed by atoms with Crippen LogP contribution in [0.2, 0.25) is 23.7 Å². The van der Waals surface area contributed by atoms with E-state index in [1.54, 1.807) is 44.6 Å². The molecule has 0 spiro atoms. The molecule has 19 heavy (non-hydrogen) atoms. The van der Waals surface area contributed by atoms with Crippen LogP contribution in [0.1, 0.15) is 51.4 Å². The third-order valence-corrected chi connectivity index (χ3v) is 11.9. The van der Waals surface area contributed by atoms with E-state index in [2.05, 4.69) is 13.0 Å². The Morgan fingerprint density at radius 2 is 1.74 bits per heavy atom. The van der Waals surface area contributed by atoms with Gasteiger partial charge in [-0.1, -0.05) is 57.5 Å². The molecule has 0 N–H and O–H groups in total. The Balaban J connectivity index is 0.000000416. The molecule has 0 aromatic carbocycles. The zero-order chi connectivity index (χ0) is 13.0. The van der Waals surface area contributed by atoms with Crippen LogP contribution in [0.25, 0.3) is 0 Å². The van der Waals surface area contributed by atoms with Gasteiger partial charge in [0.15, 0.2) is 0 Å². The molecular formula is C15H28Cl2SiZr. The first kappa shape index (κ1) is 18.7. The van der Waals surface area contributed by atoms with Gasteiger partial charge in [0.2, 0.25) is 0 Å². The molecule has 1 aliphatic heterocycles. The van der Waals surface area contributed by atoms with Gasteiger partial charge in [0.1, 0.15) is 0 Å². The quantitative estimate of drug-likeness (QED) is 0.344. The summed E-state index contributed by atoms with van der Waals surface area (Å²) >= 11 is -0.826. The van der Waals surface area contributed by atoms with Crippen LogP contribution >= 0.6 is 17.0 Å². The Morgan fingerprint density at radius 1 is 1.05 bits per heavy atom. The molecule has 1 heterocycles. The van der Waals surface area contributed by atoms with Gasteiger partial charge < -0.3 is 13.8 Å². The topological polar surface area (TPSA) is 0 Å². The van der Waals surface area contributed by atoms with Crippen molar-refractivity contribution in [1.29, 1.82) is 0 Å². The van der Waals surface area contributed by atoms with Crippen LogP contribution in [0.15, 0.2) is 0 Å². The predicted octanol–water partition coefficient (Wildman–Crippen LogP) is 6.61. The number of hydrogen-bond donors (Lipinski definition) is 0. The van der Waals surface area contributed by atoms with E-state index in [1.807, 2.05) is 0 Å². The fraction of sp³-hybridized carbons (Fsp3) is 0.867. The molecule has 3 rings (SSSR count). The van der Waals surface area contributed by atoms with E-state index in [-0.39, 0.29) is 7.43 Å². The summed E-state index contributed by atoms with van der Waals surface area (Å²) in [5, 5.41) is 0. The second-order valence-electron chi connectivity index (χ2n) is 6.54. The standard InChI is InChI=1S/C14H25Si.CH3.2ClH.Zr/c1-15(13-8-2-3-9-13)11-5-7-12-6-4-10-14(12)15;;;;/h8,12-14H,2-7,9-11H2,1H3;1H3;2*1H;/q2*-1;;;+4/p-2/t12-,13?,14?,15?;;;;/m0..../s1. The van der Waals surface area contributed by atoms with Crippen molar-refractivity contribution in [2.24, 2.45) is 5.92 Å². The molecule has 0 radical (unpaired) electrons. The summed E-state index contributed by atoms with van der Waals surface area (Å²) in [5.74, 6) is 1.17. The Kier molecular flexibility index (Phi) is 8.83. The van der Waals surface area contributed by atoms with E-state index in [0.717, 1.165) is 5.54 Å². The van der Waals surface area contributed by atoms with Crippen LogP contribution < -0.4 is 0 Å². The van der Waals surface area contributed by atoms with E-state index < -0.39 is 28.9 Å².